The van der Waals surface area contributed by atoms with E-state index in [4.69, 9.17) is 34.5 Å². The SMILES string of the molecule is [B]C1(C)Oc2ccc(B3OC(C)(C)C(C)(C)O3)c(F)c2OC1([B])C. The van der Waals surface area contributed by atoms with Crippen LogP contribution in [0.4, 0.5) is 4.39 Å². The van der Waals surface area contributed by atoms with E-state index in [1.54, 1.807) is 19.1 Å². The van der Waals surface area contributed by atoms with E-state index in [0.29, 0.717) is 0 Å². The summed E-state index contributed by atoms with van der Waals surface area (Å²) >= 11 is 0. The van der Waals surface area contributed by atoms with Crippen molar-refractivity contribution in [3.63, 3.8) is 0 Å². The van der Waals surface area contributed by atoms with E-state index in [9.17, 15) is 0 Å². The van der Waals surface area contributed by atoms with E-state index in [2.05, 4.69) is 0 Å². The first kappa shape index (κ1) is 17.7. The van der Waals surface area contributed by atoms with Crippen molar-refractivity contribution in [2.45, 2.75) is 63.7 Å². The Bertz CT molecular complexity index is 672. The highest BCUT2D eigenvalue weighted by Gasteiger charge is 2.53. The van der Waals surface area contributed by atoms with Gasteiger partial charge in [-0.25, -0.2) is 4.39 Å². The van der Waals surface area contributed by atoms with E-state index < -0.39 is 35.1 Å². The molecule has 1 saturated heterocycles. The van der Waals surface area contributed by atoms with Crippen molar-refractivity contribution < 1.29 is 23.2 Å². The van der Waals surface area contributed by atoms with Crippen molar-refractivity contribution in [3.05, 3.63) is 17.9 Å². The van der Waals surface area contributed by atoms with Gasteiger partial charge in [-0.05, 0) is 47.6 Å². The van der Waals surface area contributed by atoms with E-state index in [-0.39, 0.29) is 17.0 Å². The highest BCUT2D eigenvalue weighted by atomic mass is 19.1. The van der Waals surface area contributed by atoms with E-state index >= 15 is 4.39 Å². The molecule has 124 valence electrons. The third-order valence-corrected chi connectivity index (χ3v) is 5.22. The molecule has 4 radical (unpaired) electrons. The molecule has 24 heavy (non-hydrogen) atoms. The van der Waals surface area contributed by atoms with Crippen LogP contribution in [0.15, 0.2) is 12.1 Å². The lowest BCUT2D eigenvalue weighted by atomic mass is 9.60. The first-order valence-corrected chi connectivity index (χ1v) is 7.91. The molecule has 2 atom stereocenters. The van der Waals surface area contributed by atoms with Crippen LogP contribution < -0.4 is 14.9 Å². The zero-order chi connectivity index (χ0) is 18.1. The Hall–Kier alpha value is -1.14. The third kappa shape index (κ3) is 2.46. The van der Waals surface area contributed by atoms with Gasteiger partial charge >= 0.3 is 7.12 Å². The molecular formula is C16H20B3FO4. The van der Waals surface area contributed by atoms with Gasteiger partial charge in [0.15, 0.2) is 17.3 Å². The summed E-state index contributed by atoms with van der Waals surface area (Å²) in [5.41, 5.74) is -3.61. The van der Waals surface area contributed by atoms with Crippen molar-refractivity contribution in [2.24, 2.45) is 0 Å². The topological polar surface area (TPSA) is 36.9 Å². The molecule has 0 bridgehead atoms. The highest BCUT2D eigenvalue weighted by Crippen LogP contribution is 2.43. The fraction of sp³-hybridized carbons (Fsp3) is 0.625. The molecule has 3 rings (SSSR count). The van der Waals surface area contributed by atoms with Crippen molar-refractivity contribution >= 4 is 28.3 Å². The standard InChI is InChI=1S/C16H20B3FO4/c1-13(2)14(3,4)24-19(23-13)9-7-8-10-12(11(9)20)22-16(6,18)15(5,17)21-10/h7-8H,1-6H3. The Morgan fingerprint density at radius 2 is 1.38 bits per heavy atom. The summed E-state index contributed by atoms with van der Waals surface area (Å²) in [7, 11) is 11.2. The van der Waals surface area contributed by atoms with Crippen LogP contribution >= 0.6 is 0 Å². The van der Waals surface area contributed by atoms with Gasteiger partial charge in [0, 0.05) is 5.46 Å². The number of hydrogen-bond donors (Lipinski definition) is 0. The van der Waals surface area contributed by atoms with E-state index in [1.807, 2.05) is 27.7 Å². The lowest BCUT2D eigenvalue weighted by molar-refractivity contribution is -0.0200. The molecule has 0 amide bonds. The molecular weight excluding hydrogens is 308 g/mol. The maximum absolute atomic E-state index is 15.0. The monoisotopic (exact) mass is 328 g/mol. The predicted molar refractivity (Wildman–Crippen MR) is 91.7 cm³/mol. The average Bonchev–Trinajstić information content (AvgIpc) is 2.61. The van der Waals surface area contributed by atoms with Crippen molar-refractivity contribution in [3.8, 4) is 11.5 Å². The molecule has 2 aliphatic rings. The zero-order valence-electron chi connectivity index (χ0n) is 14.9. The quantitative estimate of drug-likeness (QED) is 0.735. The van der Waals surface area contributed by atoms with Gasteiger partial charge in [-0.3, -0.25) is 0 Å². The number of rotatable bonds is 1. The molecule has 0 spiro atoms. The Kier molecular flexibility index (Phi) is 3.64. The van der Waals surface area contributed by atoms with Crippen LogP contribution in [0, 0.1) is 5.82 Å². The summed E-state index contributed by atoms with van der Waals surface area (Å²) in [6, 6.07) is 3.13. The van der Waals surface area contributed by atoms with Gasteiger partial charge < -0.3 is 18.8 Å². The third-order valence-electron chi connectivity index (χ3n) is 5.22. The molecule has 1 aromatic carbocycles. The molecule has 8 heteroatoms. The summed E-state index contributed by atoms with van der Waals surface area (Å²) in [5, 5.41) is 0. The summed E-state index contributed by atoms with van der Waals surface area (Å²) in [6.45, 7) is 10.7. The maximum Gasteiger partial charge on any atom is 0.498 e. The number of benzene rings is 1. The number of ether oxygens (including phenoxy) is 2. The largest absolute Gasteiger partial charge is 0.498 e. The molecule has 0 aromatic heterocycles. The Morgan fingerprint density at radius 3 is 1.92 bits per heavy atom. The Balaban J connectivity index is 2.01. The Morgan fingerprint density at radius 1 is 0.875 bits per heavy atom. The van der Waals surface area contributed by atoms with Gasteiger partial charge in [0.2, 0.25) is 0 Å². The normalized spacial score (nSPS) is 33.5. The molecule has 1 aromatic rings. The smallest absolute Gasteiger partial charge is 0.490 e. The minimum atomic E-state index is -1.39. The van der Waals surface area contributed by atoms with Gasteiger partial charge in [0.1, 0.15) is 15.7 Å². The molecule has 2 aliphatic heterocycles. The van der Waals surface area contributed by atoms with Crippen LogP contribution in [0.5, 0.6) is 11.5 Å². The number of halogens is 1. The van der Waals surface area contributed by atoms with Crippen LogP contribution in [0.25, 0.3) is 0 Å². The van der Waals surface area contributed by atoms with Crippen LogP contribution in [0.2, 0.25) is 0 Å². The molecule has 2 unspecified atom stereocenters. The second-order valence-corrected chi connectivity index (χ2v) is 7.80. The summed E-state index contributed by atoms with van der Waals surface area (Å²) in [5.74, 6) is -0.519. The van der Waals surface area contributed by atoms with Gasteiger partial charge in [-0.15, -0.1) is 0 Å². The van der Waals surface area contributed by atoms with Gasteiger partial charge in [0.25, 0.3) is 0 Å². The first-order valence-electron chi connectivity index (χ1n) is 7.91. The molecule has 4 nitrogen and oxygen atoms in total. The Labute approximate surface area is 145 Å². The van der Waals surface area contributed by atoms with Crippen molar-refractivity contribution in [1.82, 2.24) is 0 Å². The fourth-order valence-corrected chi connectivity index (χ4v) is 2.52. The number of fused-ring (bicyclic) bond motifs is 1. The predicted octanol–water partition coefficient (Wildman–Crippen LogP) is 1.67. The van der Waals surface area contributed by atoms with Crippen LogP contribution in [0.3, 0.4) is 0 Å². The van der Waals surface area contributed by atoms with Gasteiger partial charge in [-0.1, -0.05) is 6.07 Å². The van der Waals surface area contributed by atoms with Crippen LogP contribution in [-0.2, 0) is 9.31 Å². The second-order valence-electron chi connectivity index (χ2n) is 7.80. The fourth-order valence-electron chi connectivity index (χ4n) is 2.52. The molecule has 0 saturated carbocycles. The molecule has 1 fully saturated rings. The molecule has 2 heterocycles. The van der Waals surface area contributed by atoms with Crippen molar-refractivity contribution in [1.29, 1.82) is 0 Å². The second kappa shape index (κ2) is 4.95. The minimum Gasteiger partial charge on any atom is -0.490 e. The summed E-state index contributed by atoms with van der Waals surface area (Å²) < 4.78 is 38.1. The van der Waals surface area contributed by atoms with Crippen LogP contribution in [-0.4, -0.2) is 45.0 Å². The highest BCUT2D eigenvalue weighted by molar-refractivity contribution is 6.62. The molecule has 0 N–H and O–H groups in total. The van der Waals surface area contributed by atoms with Crippen LogP contribution in [0.1, 0.15) is 41.5 Å². The lowest BCUT2D eigenvalue weighted by Crippen LogP contribution is -2.61. The minimum absolute atomic E-state index is 0.0878. The summed E-state index contributed by atoms with van der Waals surface area (Å²) in [4.78, 5) is 0. The maximum atomic E-state index is 15.0. The lowest BCUT2D eigenvalue weighted by Gasteiger charge is -2.47. The van der Waals surface area contributed by atoms with E-state index in [0.717, 1.165) is 0 Å². The molecule has 0 aliphatic carbocycles. The average molecular weight is 328 g/mol. The van der Waals surface area contributed by atoms with Gasteiger partial charge in [0.05, 0.1) is 22.2 Å². The summed E-state index contributed by atoms with van der Waals surface area (Å²) in [6.07, 6.45) is 0. The first-order chi connectivity index (χ1) is 10.8. The van der Waals surface area contributed by atoms with E-state index in [1.165, 1.54) is 6.92 Å². The zero-order valence-corrected chi connectivity index (χ0v) is 14.9. The number of hydrogen-bond acceptors (Lipinski definition) is 4. The van der Waals surface area contributed by atoms with Gasteiger partial charge in [-0.2, -0.15) is 0 Å². The van der Waals surface area contributed by atoms with Crippen molar-refractivity contribution in [2.75, 3.05) is 0 Å².